The van der Waals surface area contributed by atoms with Crippen LogP contribution in [0.2, 0.25) is 0 Å². The van der Waals surface area contributed by atoms with Crippen LogP contribution in [-0.4, -0.2) is 39.9 Å². The molecule has 1 aromatic heterocycles. The summed E-state index contributed by atoms with van der Waals surface area (Å²) in [6, 6.07) is 12.3. The number of nitrogens with two attached hydrogens (primary N) is 4. The molecule has 2 fully saturated rings. The van der Waals surface area contributed by atoms with Crippen molar-refractivity contribution >= 4 is 11.8 Å². The zero-order valence-electron chi connectivity index (χ0n) is 22.9. The molecule has 2 amide bonds. The molecule has 4 rings (SSSR count). The second-order valence-electron chi connectivity index (χ2n) is 10.6. The topological polar surface area (TPSA) is 182 Å². The van der Waals surface area contributed by atoms with E-state index in [1.807, 2.05) is 24.3 Å². The molecule has 1 aromatic carbocycles. The summed E-state index contributed by atoms with van der Waals surface area (Å²) in [6.07, 6.45) is 10.9. The molecule has 0 aliphatic heterocycles. The summed E-state index contributed by atoms with van der Waals surface area (Å²) in [6.45, 7) is 1.64. The lowest BCUT2D eigenvalue weighted by Gasteiger charge is -2.17. The van der Waals surface area contributed by atoms with E-state index in [-0.39, 0.29) is 17.3 Å². The number of carbonyl (C=O) groups is 2. The van der Waals surface area contributed by atoms with Gasteiger partial charge in [0.25, 0.3) is 11.8 Å². The number of hydrazine groups is 2. The Balaban J connectivity index is 1.11. The molecule has 2 aliphatic carbocycles. The number of hydrogen-bond acceptors (Lipinski definition) is 9. The quantitative estimate of drug-likeness (QED) is 0.0833. The minimum Gasteiger partial charge on any atom is -0.393 e. The number of rotatable bonds is 15. The highest BCUT2D eigenvalue weighted by Gasteiger charge is 2.24. The first-order valence-electron chi connectivity index (χ1n) is 13.9. The van der Waals surface area contributed by atoms with E-state index >= 15 is 0 Å². The minimum atomic E-state index is -0.406. The lowest BCUT2D eigenvalue weighted by molar-refractivity contribution is -0.118. The van der Waals surface area contributed by atoms with Gasteiger partial charge in [0.15, 0.2) is 0 Å². The van der Waals surface area contributed by atoms with E-state index in [0.717, 1.165) is 11.3 Å². The highest BCUT2D eigenvalue weighted by molar-refractivity contribution is 5.92. The largest absolute Gasteiger partial charge is 0.393 e. The molecule has 2 aliphatic rings. The summed E-state index contributed by atoms with van der Waals surface area (Å²) < 4.78 is 0. The van der Waals surface area contributed by atoms with Crippen LogP contribution in [0.4, 0.5) is 0 Å². The summed E-state index contributed by atoms with van der Waals surface area (Å²) >= 11 is 0. The number of aromatic nitrogens is 1. The molecular weight excluding hydrogens is 506 g/mol. The van der Waals surface area contributed by atoms with Crippen LogP contribution in [-0.2, 0) is 22.7 Å². The van der Waals surface area contributed by atoms with Crippen molar-refractivity contribution in [1.82, 2.24) is 25.6 Å². The highest BCUT2D eigenvalue weighted by Crippen LogP contribution is 2.40. The third-order valence-electron chi connectivity index (χ3n) is 6.99. The van der Waals surface area contributed by atoms with Gasteiger partial charge in [0.05, 0.1) is 12.2 Å². The predicted molar refractivity (Wildman–Crippen MR) is 154 cm³/mol. The van der Waals surface area contributed by atoms with Crippen LogP contribution < -0.4 is 33.8 Å². The molecule has 214 valence electrons. The first kappa shape index (κ1) is 28.9. The van der Waals surface area contributed by atoms with E-state index in [1.165, 1.54) is 59.2 Å². The first-order valence-corrected chi connectivity index (χ1v) is 13.9. The molecule has 0 atom stereocenters. The van der Waals surface area contributed by atoms with Gasteiger partial charge < -0.3 is 32.1 Å². The number of carbonyl (C=O) groups excluding carboxylic acids is 2. The number of pyridine rings is 1. The van der Waals surface area contributed by atoms with Gasteiger partial charge in [0, 0.05) is 38.2 Å². The third kappa shape index (κ3) is 9.28. The second-order valence-corrected chi connectivity index (χ2v) is 10.6. The molecule has 10 N–H and O–H groups in total. The fraction of sp³-hybridized carbons (Fsp3) is 0.414. The van der Waals surface area contributed by atoms with Gasteiger partial charge in [-0.2, -0.15) is 0 Å². The Morgan fingerprint density at radius 2 is 1.38 bits per heavy atom. The van der Waals surface area contributed by atoms with Gasteiger partial charge in [-0.3, -0.25) is 14.6 Å². The molecule has 0 saturated heterocycles. The van der Waals surface area contributed by atoms with Crippen molar-refractivity contribution in [3.8, 4) is 0 Å². The molecule has 11 heteroatoms. The Bertz CT molecular complexity index is 1140. The van der Waals surface area contributed by atoms with Crippen molar-refractivity contribution in [2.24, 2.45) is 23.2 Å². The van der Waals surface area contributed by atoms with E-state index in [0.29, 0.717) is 50.9 Å². The number of amides is 2. The van der Waals surface area contributed by atoms with Gasteiger partial charge in [0.1, 0.15) is 11.4 Å². The van der Waals surface area contributed by atoms with Gasteiger partial charge in [0.2, 0.25) is 0 Å². The summed E-state index contributed by atoms with van der Waals surface area (Å²) in [4.78, 5) is 29.0. The molecule has 0 bridgehead atoms. The van der Waals surface area contributed by atoms with Crippen molar-refractivity contribution in [3.63, 3.8) is 0 Å². The van der Waals surface area contributed by atoms with E-state index in [4.69, 9.17) is 23.2 Å². The summed E-state index contributed by atoms with van der Waals surface area (Å²) in [7, 11) is 0. The molecule has 2 saturated carbocycles. The number of hydrogen-bond donors (Lipinski definition) is 6. The maximum atomic E-state index is 12.4. The molecule has 0 unspecified atom stereocenters. The zero-order valence-corrected chi connectivity index (χ0v) is 22.9. The number of benzene rings is 1. The normalized spacial score (nSPS) is 15.4. The van der Waals surface area contributed by atoms with Gasteiger partial charge in [-0.05, 0) is 79.2 Å². The van der Waals surface area contributed by atoms with Crippen molar-refractivity contribution in [2.45, 2.75) is 63.5 Å². The number of nitrogens with zero attached hydrogens (tertiary/aromatic N) is 3. The van der Waals surface area contributed by atoms with E-state index < -0.39 is 5.91 Å². The van der Waals surface area contributed by atoms with Gasteiger partial charge in [-0.15, -0.1) is 0 Å². The van der Waals surface area contributed by atoms with Crippen molar-refractivity contribution in [1.29, 1.82) is 0 Å². The third-order valence-corrected chi connectivity index (χ3v) is 6.99. The lowest BCUT2D eigenvalue weighted by atomic mass is 10.1. The standard InChI is InChI=1S/C29H41N9O2/c30-26(28(39)35-16-20-4-3-5-23(14-20)21-6-7-21)18-37(32)12-1-2-13-38(33)19-27(31)29(40)36-17-25-15-24(10-11-34-25)22-8-9-22/h3-5,10-11,14-15,18-19,21-22H,1-2,6-9,12-13,16-17,30-33H2,(H,35,39)(H,36,40)/b26-18-,27-19-. The second kappa shape index (κ2) is 13.8. The maximum absolute atomic E-state index is 12.4. The Hall–Kier alpha value is -4.09. The fourth-order valence-corrected chi connectivity index (χ4v) is 4.39. The Morgan fingerprint density at radius 3 is 1.95 bits per heavy atom. The molecule has 0 spiro atoms. The van der Waals surface area contributed by atoms with Crippen molar-refractivity contribution in [3.05, 3.63) is 88.8 Å². The molecule has 0 radical (unpaired) electrons. The summed E-state index contributed by atoms with van der Waals surface area (Å²) in [5.74, 6) is 12.5. The van der Waals surface area contributed by atoms with E-state index in [9.17, 15) is 9.59 Å². The molecule has 1 heterocycles. The van der Waals surface area contributed by atoms with Crippen LogP contribution in [0, 0.1) is 0 Å². The van der Waals surface area contributed by atoms with Crippen molar-refractivity contribution < 1.29 is 9.59 Å². The average Bonchev–Trinajstić information content (AvgIpc) is 3.86. The van der Waals surface area contributed by atoms with Gasteiger partial charge in [-0.25, -0.2) is 11.7 Å². The van der Waals surface area contributed by atoms with Crippen LogP contribution >= 0.6 is 0 Å². The smallest absolute Gasteiger partial charge is 0.269 e. The van der Waals surface area contributed by atoms with Crippen LogP contribution in [0.1, 0.15) is 72.7 Å². The number of unbranched alkanes of at least 4 members (excludes halogenated alkanes) is 1. The SMILES string of the molecule is N/C(=C\N(N)CCCCN(N)/C=C(\N)C(=O)NCc1cc(C2CC2)ccn1)C(=O)NCc1cccc(C2CC2)c1. The van der Waals surface area contributed by atoms with Crippen LogP contribution in [0.5, 0.6) is 0 Å². The molecular formula is C29H41N9O2. The predicted octanol–water partition coefficient (Wildman–Crippen LogP) is 1.50. The van der Waals surface area contributed by atoms with Crippen LogP contribution in [0.25, 0.3) is 0 Å². The summed E-state index contributed by atoms with van der Waals surface area (Å²) in [5, 5.41) is 8.37. The first-order chi connectivity index (χ1) is 19.3. The van der Waals surface area contributed by atoms with Gasteiger partial charge >= 0.3 is 0 Å². The van der Waals surface area contributed by atoms with Crippen molar-refractivity contribution in [2.75, 3.05) is 13.1 Å². The minimum absolute atomic E-state index is 0.0160. The van der Waals surface area contributed by atoms with E-state index in [1.54, 1.807) is 6.20 Å². The lowest BCUT2D eigenvalue weighted by Crippen LogP contribution is -2.34. The molecule has 11 nitrogen and oxygen atoms in total. The zero-order chi connectivity index (χ0) is 28.5. The highest BCUT2D eigenvalue weighted by atomic mass is 16.2. The van der Waals surface area contributed by atoms with Crippen LogP contribution in [0.3, 0.4) is 0 Å². The maximum Gasteiger partial charge on any atom is 0.269 e. The number of nitrogens with one attached hydrogen (secondary N) is 2. The summed E-state index contributed by atoms with van der Waals surface area (Å²) in [5.41, 5.74) is 16.3. The average molecular weight is 548 g/mol. The Morgan fingerprint density at radius 1 is 0.825 bits per heavy atom. The molecule has 40 heavy (non-hydrogen) atoms. The Kier molecular flexibility index (Phi) is 9.98. The van der Waals surface area contributed by atoms with Crippen LogP contribution in [0.15, 0.2) is 66.4 Å². The fourth-order valence-electron chi connectivity index (χ4n) is 4.39. The van der Waals surface area contributed by atoms with Gasteiger partial charge in [-0.1, -0.05) is 24.3 Å². The van der Waals surface area contributed by atoms with E-state index in [2.05, 4.69) is 27.8 Å². The monoisotopic (exact) mass is 547 g/mol. The molecule has 2 aromatic rings. The Labute approximate surface area is 235 Å².